The van der Waals surface area contributed by atoms with Crippen LogP contribution in [0.4, 0.5) is 0 Å². The lowest BCUT2D eigenvalue weighted by atomic mass is 9.89. The van der Waals surface area contributed by atoms with Crippen molar-refractivity contribution in [3.05, 3.63) is 46.6 Å². The number of aryl methyl sites for hydroxylation is 2. The first kappa shape index (κ1) is 20.3. The normalized spacial score (nSPS) is 16.6. The van der Waals surface area contributed by atoms with Crippen molar-refractivity contribution >= 4 is 49.2 Å². The van der Waals surface area contributed by atoms with Crippen molar-refractivity contribution < 1.29 is 13.2 Å². The van der Waals surface area contributed by atoms with Crippen molar-refractivity contribution in [1.29, 1.82) is 0 Å². The number of hydrogen-bond acceptors (Lipinski definition) is 7. The number of fused-ring (bicyclic) bond motifs is 3. The summed E-state index contributed by atoms with van der Waals surface area (Å²) < 4.78 is 26.9. The van der Waals surface area contributed by atoms with E-state index >= 15 is 0 Å². The largest absolute Gasteiger partial charge is 0.273 e. The molecular weight excluding hydrogens is 426 g/mol. The van der Waals surface area contributed by atoms with Gasteiger partial charge in [0.1, 0.15) is 16.2 Å². The van der Waals surface area contributed by atoms with Crippen molar-refractivity contribution in [3.63, 3.8) is 0 Å². The topological polar surface area (TPSA) is 89.0 Å². The molecule has 1 aromatic carbocycles. The molecule has 1 aliphatic carbocycles. The molecule has 4 rings (SSSR count). The lowest BCUT2D eigenvalue weighted by Crippen LogP contribution is -2.31. The molecule has 0 aliphatic heterocycles. The highest BCUT2D eigenvalue weighted by atomic mass is 32.2. The Balaban J connectivity index is 1.50. The van der Waals surface area contributed by atoms with Gasteiger partial charge in [0.05, 0.1) is 10.6 Å². The van der Waals surface area contributed by atoms with Crippen LogP contribution < -0.4 is 4.72 Å². The highest BCUT2D eigenvalue weighted by molar-refractivity contribution is 8.00. The van der Waals surface area contributed by atoms with Gasteiger partial charge in [0, 0.05) is 10.3 Å². The standard InChI is InChI=1S/C20H21N3O3S3/c1-12-3-6-14(7-4-12)29(25,26)23-17(24)10-27-19-18-15-8-5-13(2)9-16(15)28-20(18)22-11-21-19/h3-4,6-7,11,13H,5,8-10H2,1-2H3,(H,23,24). The van der Waals surface area contributed by atoms with Gasteiger partial charge >= 0.3 is 0 Å². The van der Waals surface area contributed by atoms with Crippen molar-refractivity contribution in [1.82, 2.24) is 14.7 Å². The molecule has 9 heteroatoms. The number of amides is 1. The number of carbonyl (C=O) groups is 1. The lowest BCUT2D eigenvalue weighted by molar-refractivity contribution is -0.116. The maximum absolute atomic E-state index is 12.4. The number of nitrogens with zero attached hydrogens (tertiary/aromatic N) is 2. The van der Waals surface area contributed by atoms with Gasteiger partial charge in [-0.05, 0) is 49.8 Å². The SMILES string of the molecule is Cc1ccc(S(=O)(=O)NC(=O)CSc2ncnc3sc4c(c23)CCC(C)C4)cc1. The molecule has 6 nitrogen and oxygen atoms in total. The summed E-state index contributed by atoms with van der Waals surface area (Å²) >= 11 is 2.95. The summed E-state index contributed by atoms with van der Waals surface area (Å²) in [5.41, 5.74) is 2.24. The lowest BCUT2D eigenvalue weighted by Gasteiger charge is -2.18. The molecule has 0 spiro atoms. The van der Waals surface area contributed by atoms with Gasteiger partial charge < -0.3 is 0 Å². The maximum atomic E-state index is 12.4. The molecule has 152 valence electrons. The number of hydrogen-bond donors (Lipinski definition) is 1. The molecule has 0 fully saturated rings. The van der Waals surface area contributed by atoms with Gasteiger partial charge in [0.15, 0.2) is 0 Å². The Morgan fingerprint density at radius 3 is 2.79 bits per heavy atom. The third-order valence-corrected chi connectivity index (χ3v) is 8.52. The van der Waals surface area contributed by atoms with Gasteiger partial charge in [-0.15, -0.1) is 11.3 Å². The molecule has 1 N–H and O–H groups in total. The van der Waals surface area contributed by atoms with Gasteiger partial charge in [-0.3, -0.25) is 4.79 Å². The molecular formula is C20H21N3O3S3. The third-order valence-electron chi connectivity index (χ3n) is 4.98. The smallest absolute Gasteiger partial charge is 0.264 e. The van der Waals surface area contributed by atoms with Crippen LogP contribution in [0.2, 0.25) is 0 Å². The molecule has 1 aliphatic rings. The van der Waals surface area contributed by atoms with E-state index < -0.39 is 15.9 Å². The van der Waals surface area contributed by atoms with Gasteiger partial charge in [-0.2, -0.15) is 0 Å². The predicted molar refractivity (Wildman–Crippen MR) is 116 cm³/mol. The van der Waals surface area contributed by atoms with E-state index in [0.717, 1.165) is 40.1 Å². The minimum atomic E-state index is -3.88. The van der Waals surface area contributed by atoms with Crippen LogP contribution in [0.25, 0.3) is 10.2 Å². The quantitative estimate of drug-likeness (QED) is 0.474. The Morgan fingerprint density at radius 2 is 2.03 bits per heavy atom. The average molecular weight is 448 g/mol. The zero-order chi connectivity index (χ0) is 20.6. The zero-order valence-corrected chi connectivity index (χ0v) is 18.6. The zero-order valence-electron chi connectivity index (χ0n) is 16.1. The van der Waals surface area contributed by atoms with Crippen LogP contribution in [-0.2, 0) is 27.7 Å². The Bertz CT molecular complexity index is 1170. The fraction of sp³-hybridized carbons (Fsp3) is 0.350. The number of rotatable bonds is 5. The third kappa shape index (κ3) is 4.31. The van der Waals surface area contributed by atoms with E-state index in [2.05, 4.69) is 21.6 Å². The predicted octanol–water partition coefficient (Wildman–Crippen LogP) is 3.72. The molecule has 1 amide bonds. The van der Waals surface area contributed by atoms with Crippen LogP contribution in [-0.4, -0.2) is 30.0 Å². The van der Waals surface area contributed by atoms with Crippen molar-refractivity contribution in [2.45, 2.75) is 43.0 Å². The van der Waals surface area contributed by atoms with E-state index in [0.29, 0.717) is 5.92 Å². The van der Waals surface area contributed by atoms with Crippen LogP contribution in [0.3, 0.4) is 0 Å². The first-order chi connectivity index (χ1) is 13.8. The van der Waals surface area contributed by atoms with E-state index in [-0.39, 0.29) is 10.6 Å². The molecule has 0 saturated heterocycles. The van der Waals surface area contributed by atoms with E-state index in [1.54, 1.807) is 23.5 Å². The molecule has 1 atom stereocenters. The molecule has 1 unspecified atom stereocenters. The second-order valence-corrected chi connectivity index (χ2v) is 11.1. The average Bonchev–Trinajstić information content (AvgIpc) is 3.04. The highest BCUT2D eigenvalue weighted by Gasteiger charge is 2.24. The second kappa shape index (κ2) is 8.04. The summed E-state index contributed by atoms with van der Waals surface area (Å²) in [6, 6.07) is 6.38. The molecule has 0 radical (unpaired) electrons. The molecule has 2 aromatic heterocycles. The van der Waals surface area contributed by atoms with Crippen LogP contribution in [0, 0.1) is 12.8 Å². The van der Waals surface area contributed by atoms with Crippen molar-refractivity contribution in [2.75, 3.05) is 5.75 Å². The van der Waals surface area contributed by atoms with Gasteiger partial charge in [0.2, 0.25) is 5.91 Å². The number of sulfonamides is 1. The number of thioether (sulfide) groups is 1. The number of benzene rings is 1. The molecule has 0 saturated carbocycles. The van der Waals surface area contributed by atoms with Gasteiger partial charge in [-0.1, -0.05) is 36.4 Å². The van der Waals surface area contributed by atoms with Gasteiger partial charge in [0.25, 0.3) is 10.0 Å². The number of thiophene rings is 1. The Hall–Kier alpha value is -1.97. The summed E-state index contributed by atoms with van der Waals surface area (Å²) in [5.74, 6) is 0.0653. The van der Waals surface area contributed by atoms with E-state index in [1.165, 1.54) is 40.7 Å². The van der Waals surface area contributed by atoms with Crippen LogP contribution in [0.5, 0.6) is 0 Å². The summed E-state index contributed by atoms with van der Waals surface area (Å²) in [7, 11) is -3.88. The molecule has 3 aromatic rings. The molecule has 2 heterocycles. The first-order valence-corrected chi connectivity index (χ1v) is 12.6. The fourth-order valence-corrected chi connectivity index (χ4v) is 6.76. The van der Waals surface area contributed by atoms with Gasteiger partial charge in [-0.25, -0.2) is 23.1 Å². The summed E-state index contributed by atoms with van der Waals surface area (Å²) in [4.78, 5) is 23.5. The van der Waals surface area contributed by atoms with Crippen LogP contribution in [0.15, 0.2) is 40.5 Å². The maximum Gasteiger partial charge on any atom is 0.264 e. The minimum absolute atomic E-state index is 0.0295. The Morgan fingerprint density at radius 1 is 1.28 bits per heavy atom. The second-order valence-electron chi connectivity index (χ2n) is 7.34. The fourth-order valence-electron chi connectivity index (χ4n) is 3.45. The first-order valence-electron chi connectivity index (χ1n) is 9.34. The number of nitrogens with one attached hydrogen (secondary N) is 1. The van der Waals surface area contributed by atoms with E-state index in [4.69, 9.17) is 0 Å². The van der Waals surface area contributed by atoms with Crippen molar-refractivity contribution in [2.24, 2.45) is 5.92 Å². The van der Waals surface area contributed by atoms with Crippen LogP contribution >= 0.6 is 23.1 Å². The van der Waals surface area contributed by atoms with E-state index in [9.17, 15) is 13.2 Å². The summed E-state index contributed by atoms with van der Waals surface area (Å²) in [6.45, 7) is 4.13. The Labute approximate surface area is 178 Å². The van der Waals surface area contributed by atoms with E-state index in [1.807, 2.05) is 6.92 Å². The Kier molecular flexibility index (Phi) is 5.63. The van der Waals surface area contributed by atoms with Crippen molar-refractivity contribution in [3.8, 4) is 0 Å². The number of aromatic nitrogens is 2. The minimum Gasteiger partial charge on any atom is -0.273 e. The van der Waals surface area contributed by atoms with Crippen LogP contribution in [0.1, 0.15) is 29.3 Å². The summed E-state index contributed by atoms with van der Waals surface area (Å²) in [6.07, 6.45) is 4.69. The molecule has 29 heavy (non-hydrogen) atoms. The summed E-state index contributed by atoms with van der Waals surface area (Å²) in [5, 5.41) is 1.77. The monoisotopic (exact) mass is 447 g/mol. The molecule has 0 bridgehead atoms. The number of carbonyl (C=O) groups excluding carboxylic acids is 1. The highest BCUT2D eigenvalue weighted by Crippen LogP contribution is 2.40.